The number of ether oxygens (including phenoxy) is 1. The number of fused-ring (bicyclic) bond motifs is 1. The number of hydrogen-bond acceptors (Lipinski definition) is 7. The van der Waals surface area contributed by atoms with Crippen LogP contribution in [0.25, 0.3) is 10.8 Å². The van der Waals surface area contributed by atoms with Crippen LogP contribution in [0, 0.1) is 0 Å². The Labute approximate surface area is 212 Å². The lowest BCUT2D eigenvalue weighted by Crippen LogP contribution is -2.38. The third-order valence-corrected chi connectivity index (χ3v) is 8.89. The van der Waals surface area contributed by atoms with E-state index in [1.165, 1.54) is 24.4 Å². The van der Waals surface area contributed by atoms with Crippen molar-refractivity contribution < 1.29 is 26.4 Å². The predicted octanol–water partition coefficient (Wildman–Crippen LogP) is 3.61. The van der Waals surface area contributed by atoms with E-state index in [0.717, 1.165) is 4.31 Å². The molecule has 3 aromatic rings. The molecule has 0 fully saturated rings. The summed E-state index contributed by atoms with van der Waals surface area (Å²) in [4.78, 5) is 16.2. The normalized spacial score (nSPS) is 12.6. The highest BCUT2D eigenvalue weighted by molar-refractivity contribution is 7.91. The van der Waals surface area contributed by atoms with E-state index in [1.54, 1.807) is 63.4 Å². The highest BCUT2D eigenvalue weighted by atomic mass is 32.2. The van der Waals surface area contributed by atoms with Crippen molar-refractivity contribution in [2.45, 2.75) is 42.6 Å². The molecular formula is C25H31N3O6S2. The van der Waals surface area contributed by atoms with Gasteiger partial charge in [0.1, 0.15) is 5.60 Å². The van der Waals surface area contributed by atoms with Gasteiger partial charge in [-0.2, -0.15) is 4.31 Å². The van der Waals surface area contributed by atoms with Crippen molar-refractivity contribution in [1.82, 2.24) is 14.6 Å². The first-order valence-electron chi connectivity index (χ1n) is 11.5. The average molecular weight is 534 g/mol. The summed E-state index contributed by atoms with van der Waals surface area (Å²) >= 11 is 0. The van der Waals surface area contributed by atoms with Gasteiger partial charge in [-0.15, -0.1) is 0 Å². The van der Waals surface area contributed by atoms with Crippen LogP contribution >= 0.6 is 0 Å². The van der Waals surface area contributed by atoms with Crippen molar-refractivity contribution >= 4 is 36.7 Å². The van der Waals surface area contributed by atoms with Gasteiger partial charge in [0.25, 0.3) is 0 Å². The second-order valence-electron chi connectivity index (χ2n) is 9.17. The number of amides is 1. The van der Waals surface area contributed by atoms with Crippen LogP contribution in [0.2, 0.25) is 0 Å². The third-order valence-electron chi connectivity index (χ3n) is 5.22. The number of aromatic nitrogens is 1. The number of alkyl carbamates (subject to hydrolysis) is 1. The number of hydrogen-bond donors (Lipinski definition) is 1. The maximum atomic E-state index is 13.7. The molecule has 0 radical (unpaired) electrons. The van der Waals surface area contributed by atoms with E-state index in [1.807, 2.05) is 0 Å². The molecule has 0 aliphatic rings. The molecule has 11 heteroatoms. The monoisotopic (exact) mass is 533 g/mol. The van der Waals surface area contributed by atoms with Gasteiger partial charge in [-0.1, -0.05) is 30.3 Å². The molecule has 9 nitrogen and oxygen atoms in total. The number of nitrogens with zero attached hydrogens (tertiary/aromatic N) is 2. The minimum atomic E-state index is -4.06. The van der Waals surface area contributed by atoms with Crippen LogP contribution in [0.15, 0.2) is 76.8 Å². The van der Waals surface area contributed by atoms with Gasteiger partial charge in [-0.25, -0.2) is 21.6 Å². The molecule has 0 aliphatic carbocycles. The summed E-state index contributed by atoms with van der Waals surface area (Å²) in [6, 6.07) is 14.4. The molecule has 0 unspecified atom stereocenters. The standard InChI is InChI=1S/C25H31N3O6S2/c1-25(2,3)34-24(29)27-14-8-16-28(17-18-35(30,31)21-10-5-4-6-11-21)36(32,33)23-12-7-9-20-19-26-15-13-22(20)23/h4-7,9-13,15,19H,8,14,16-18H2,1-3H3,(H,27,29). The third kappa shape index (κ3) is 7.25. The van der Waals surface area contributed by atoms with Gasteiger partial charge in [0.05, 0.1) is 15.5 Å². The second kappa shape index (κ2) is 11.4. The van der Waals surface area contributed by atoms with Crippen molar-refractivity contribution in [2.75, 3.05) is 25.4 Å². The van der Waals surface area contributed by atoms with E-state index in [2.05, 4.69) is 10.3 Å². The Morgan fingerprint density at radius 3 is 2.39 bits per heavy atom. The first-order chi connectivity index (χ1) is 16.9. The quantitative estimate of drug-likeness (QED) is 0.395. The fraction of sp³-hybridized carbons (Fsp3) is 0.360. The molecule has 194 valence electrons. The summed E-state index contributed by atoms with van der Waals surface area (Å²) in [5.74, 6) is -0.387. The van der Waals surface area contributed by atoms with Gasteiger partial charge in [-0.3, -0.25) is 4.98 Å². The Morgan fingerprint density at radius 2 is 1.69 bits per heavy atom. The number of benzene rings is 2. The zero-order valence-corrected chi connectivity index (χ0v) is 22.2. The van der Waals surface area contributed by atoms with E-state index < -0.39 is 31.6 Å². The van der Waals surface area contributed by atoms with Crippen molar-refractivity contribution in [1.29, 1.82) is 0 Å². The van der Waals surface area contributed by atoms with Gasteiger partial charge in [0.2, 0.25) is 10.0 Å². The molecule has 0 saturated heterocycles. The van der Waals surface area contributed by atoms with Gasteiger partial charge in [-0.05, 0) is 51.5 Å². The number of carbonyl (C=O) groups is 1. The van der Waals surface area contributed by atoms with Gasteiger partial charge >= 0.3 is 6.09 Å². The Balaban J connectivity index is 1.82. The number of nitrogens with one attached hydrogen (secondary N) is 1. The first kappa shape index (κ1) is 27.6. The van der Waals surface area contributed by atoms with Crippen molar-refractivity contribution in [3.63, 3.8) is 0 Å². The highest BCUT2D eigenvalue weighted by Gasteiger charge is 2.28. The largest absolute Gasteiger partial charge is 0.444 e. The SMILES string of the molecule is CC(C)(C)OC(=O)NCCCN(CCS(=O)(=O)c1ccccc1)S(=O)(=O)c1cccc2cnccc12. The molecule has 3 rings (SSSR count). The smallest absolute Gasteiger partial charge is 0.407 e. The van der Waals surface area contributed by atoms with E-state index in [9.17, 15) is 21.6 Å². The van der Waals surface area contributed by atoms with Crippen LogP contribution < -0.4 is 5.32 Å². The molecule has 0 spiro atoms. The second-order valence-corrected chi connectivity index (χ2v) is 13.2. The summed E-state index contributed by atoms with van der Waals surface area (Å²) in [7, 11) is -7.78. The number of sulfonamides is 1. The van der Waals surface area contributed by atoms with Crippen LogP contribution in [0.5, 0.6) is 0 Å². The summed E-state index contributed by atoms with van der Waals surface area (Å²) in [6.45, 7) is 5.15. The minimum absolute atomic E-state index is 0.00388. The van der Waals surface area contributed by atoms with Gasteiger partial charge < -0.3 is 10.1 Å². The maximum Gasteiger partial charge on any atom is 0.407 e. The molecule has 1 aromatic heterocycles. The lowest BCUT2D eigenvalue weighted by Gasteiger charge is -2.23. The molecule has 2 aromatic carbocycles. The fourth-order valence-electron chi connectivity index (χ4n) is 3.54. The molecular weight excluding hydrogens is 502 g/mol. The Kier molecular flexibility index (Phi) is 8.70. The summed E-state index contributed by atoms with van der Waals surface area (Å²) < 4.78 is 59.5. The molecule has 36 heavy (non-hydrogen) atoms. The maximum absolute atomic E-state index is 13.7. The van der Waals surface area contributed by atoms with E-state index in [4.69, 9.17) is 4.74 Å². The molecule has 1 heterocycles. The highest BCUT2D eigenvalue weighted by Crippen LogP contribution is 2.25. The van der Waals surface area contributed by atoms with Crippen molar-refractivity contribution in [2.24, 2.45) is 0 Å². The number of sulfone groups is 1. The Morgan fingerprint density at radius 1 is 0.972 bits per heavy atom. The molecule has 0 aliphatic heterocycles. The number of carbonyl (C=O) groups excluding carboxylic acids is 1. The lowest BCUT2D eigenvalue weighted by molar-refractivity contribution is 0.0527. The van der Waals surface area contributed by atoms with Crippen molar-refractivity contribution in [3.8, 4) is 0 Å². The van der Waals surface area contributed by atoms with Crippen LogP contribution in [-0.2, 0) is 24.6 Å². The Hall–Kier alpha value is -3.02. The zero-order valence-electron chi connectivity index (χ0n) is 20.5. The molecule has 0 saturated carbocycles. The predicted molar refractivity (Wildman–Crippen MR) is 138 cm³/mol. The zero-order chi connectivity index (χ0) is 26.4. The molecule has 1 amide bonds. The summed E-state index contributed by atoms with van der Waals surface area (Å²) in [6.07, 6.45) is 2.74. The van der Waals surface area contributed by atoms with Crippen LogP contribution in [-0.4, -0.2) is 63.2 Å². The van der Waals surface area contributed by atoms with E-state index >= 15 is 0 Å². The molecule has 0 atom stereocenters. The van der Waals surface area contributed by atoms with Gasteiger partial charge in [0, 0.05) is 42.8 Å². The average Bonchev–Trinajstić information content (AvgIpc) is 2.82. The Bertz CT molecular complexity index is 1400. The van der Waals surface area contributed by atoms with E-state index in [-0.39, 0.29) is 41.6 Å². The number of pyridine rings is 1. The van der Waals surface area contributed by atoms with E-state index in [0.29, 0.717) is 10.8 Å². The molecule has 1 N–H and O–H groups in total. The van der Waals surface area contributed by atoms with Crippen LogP contribution in [0.4, 0.5) is 4.79 Å². The lowest BCUT2D eigenvalue weighted by atomic mass is 10.2. The van der Waals surface area contributed by atoms with Crippen LogP contribution in [0.3, 0.4) is 0 Å². The summed E-state index contributed by atoms with van der Waals surface area (Å²) in [5, 5.41) is 3.75. The molecule has 0 bridgehead atoms. The van der Waals surface area contributed by atoms with Crippen LogP contribution in [0.1, 0.15) is 27.2 Å². The van der Waals surface area contributed by atoms with Crippen molar-refractivity contribution in [3.05, 3.63) is 67.0 Å². The topological polar surface area (TPSA) is 123 Å². The van der Waals surface area contributed by atoms with Gasteiger partial charge in [0.15, 0.2) is 9.84 Å². The first-order valence-corrected chi connectivity index (χ1v) is 14.6. The number of rotatable bonds is 10. The summed E-state index contributed by atoms with van der Waals surface area (Å²) in [5.41, 5.74) is -0.658. The fourth-order valence-corrected chi connectivity index (χ4v) is 6.61. The minimum Gasteiger partial charge on any atom is -0.444 e.